The van der Waals surface area contributed by atoms with Gasteiger partial charge >= 0.3 is 0 Å². The molecule has 0 spiro atoms. The minimum Gasteiger partial charge on any atom is -0.394 e. The Morgan fingerprint density at radius 3 is 2.50 bits per heavy atom. The molecule has 0 saturated heterocycles. The molecule has 18 heavy (non-hydrogen) atoms. The van der Waals surface area contributed by atoms with E-state index in [9.17, 15) is 5.11 Å². The lowest BCUT2D eigenvalue weighted by molar-refractivity contribution is 0.238. The van der Waals surface area contributed by atoms with E-state index in [0.29, 0.717) is 0 Å². The standard InChI is InChI=1S/C16H25NO/c18-13-16(15-9-5-2-6-10-15)17-12-11-14-7-3-1-4-8-14/h2,5-6,9-10,14,16-18H,1,3-4,7-8,11-13H2. The summed E-state index contributed by atoms with van der Waals surface area (Å²) in [7, 11) is 0. The van der Waals surface area contributed by atoms with Gasteiger partial charge in [-0.05, 0) is 24.4 Å². The normalized spacial score (nSPS) is 18.7. The third kappa shape index (κ3) is 4.11. The molecule has 0 aromatic heterocycles. The van der Waals surface area contributed by atoms with Crippen LogP contribution in [0.4, 0.5) is 0 Å². The molecule has 0 bridgehead atoms. The van der Waals surface area contributed by atoms with Crippen LogP contribution in [0.15, 0.2) is 30.3 Å². The molecule has 1 aliphatic carbocycles. The lowest BCUT2D eigenvalue weighted by Gasteiger charge is -2.23. The predicted octanol–water partition coefficient (Wildman–Crippen LogP) is 3.28. The summed E-state index contributed by atoms with van der Waals surface area (Å²) in [6.07, 6.45) is 8.30. The molecule has 2 heteroatoms. The van der Waals surface area contributed by atoms with Gasteiger partial charge in [0.05, 0.1) is 12.6 Å². The third-order valence-electron chi connectivity index (χ3n) is 4.05. The Balaban J connectivity index is 1.73. The molecule has 1 saturated carbocycles. The SMILES string of the molecule is OCC(NCCC1CCCCC1)c1ccccc1. The van der Waals surface area contributed by atoms with E-state index in [-0.39, 0.29) is 12.6 Å². The van der Waals surface area contributed by atoms with Crippen LogP contribution in [0.3, 0.4) is 0 Å². The maximum atomic E-state index is 9.45. The molecule has 2 rings (SSSR count). The Morgan fingerprint density at radius 1 is 1.11 bits per heavy atom. The minimum atomic E-state index is 0.0924. The van der Waals surface area contributed by atoms with Crippen LogP contribution in [0, 0.1) is 5.92 Å². The average molecular weight is 247 g/mol. The van der Waals surface area contributed by atoms with Crippen LogP contribution in [0.5, 0.6) is 0 Å². The van der Waals surface area contributed by atoms with Crippen molar-refractivity contribution >= 4 is 0 Å². The first-order valence-electron chi connectivity index (χ1n) is 7.29. The van der Waals surface area contributed by atoms with Crippen molar-refractivity contribution in [2.24, 2.45) is 5.92 Å². The van der Waals surface area contributed by atoms with Crippen molar-refractivity contribution < 1.29 is 5.11 Å². The summed E-state index contributed by atoms with van der Waals surface area (Å²) in [4.78, 5) is 0. The summed E-state index contributed by atoms with van der Waals surface area (Å²) in [5.74, 6) is 0.904. The summed E-state index contributed by atoms with van der Waals surface area (Å²) < 4.78 is 0. The highest BCUT2D eigenvalue weighted by Gasteiger charge is 2.14. The molecule has 0 heterocycles. The number of benzene rings is 1. The zero-order valence-electron chi connectivity index (χ0n) is 11.1. The fraction of sp³-hybridized carbons (Fsp3) is 0.625. The fourth-order valence-electron chi connectivity index (χ4n) is 2.91. The van der Waals surface area contributed by atoms with Gasteiger partial charge in [-0.1, -0.05) is 62.4 Å². The van der Waals surface area contributed by atoms with Crippen molar-refractivity contribution in [2.75, 3.05) is 13.2 Å². The van der Waals surface area contributed by atoms with Gasteiger partial charge in [-0.2, -0.15) is 0 Å². The zero-order chi connectivity index (χ0) is 12.6. The van der Waals surface area contributed by atoms with Gasteiger partial charge in [0.15, 0.2) is 0 Å². The highest BCUT2D eigenvalue weighted by atomic mass is 16.3. The predicted molar refractivity (Wildman–Crippen MR) is 75.5 cm³/mol. The lowest BCUT2D eigenvalue weighted by Crippen LogP contribution is -2.27. The van der Waals surface area contributed by atoms with E-state index in [1.807, 2.05) is 18.2 Å². The topological polar surface area (TPSA) is 32.3 Å². The second-order valence-electron chi connectivity index (χ2n) is 5.39. The molecule has 1 aromatic carbocycles. The van der Waals surface area contributed by atoms with Crippen molar-refractivity contribution in [3.05, 3.63) is 35.9 Å². The van der Waals surface area contributed by atoms with Crippen molar-refractivity contribution in [3.63, 3.8) is 0 Å². The van der Waals surface area contributed by atoms with Gasteiger partial charge < -0.3 is 10.4 Å². The molecule has 1 aromatic rings. The first kappa shape index (κ1) is 13.6. The van der Waals surface area contributed by atoms with Crippen LogP contribution >= 0.6 is 0 Å². The van der Waals surface area contributed by atoms with Crippen LogP contribution in [0.1, 0.15) is 50.1 Å². The van der Waals surface area contributed by atoms with Crippen LogP contribution in [0.25, 0.3) is 0 Å². The molecule has 1 unspecified atom stereocenters. The molecule has 2 N–H and O–H groups in total. The Labute approximate surface area is 110 Å². The largest absolute Gasteiger partial charge is 0.394 e. The highest BCUT2D eigenvalue weighted by molar-refractivity contribution is 5.18. The number of aliphatic hydroxyl groups is 1. The van der Waals surface area contributed by atoms with Gasteiger partial charge in [0, 0.05) is 0 Å². The Morgan fingerprint density at radius 2 is 1.83 bits per heavy atom. The second kappa shape index (κ2) is 7.55. The van der Waals surface area contributed by atoms with Gasteiger partial charge in [-0.15, -0.1) is 0 Å². The fourth-order valence-corrected chi connectivity index (χ4v) is 2.91. The van der Waals surface area contributed by atoms with Crippen molar-refractivity contribution in [2.45, 2.75) is 44.6 Å². The average Bonchev–Trinajstić information content (AvgIpc) is 2.46. The molecule has 1 aliphatic rings. The summed E-state index contributed by atoms with van der Waals surface area (Å²) >= 11 is 0. The monoisotopic (exact) mass is 247 g/mol. The van der Waals surface area contributed by atoms with E-state index in [2.05, 4.69) is 17.4 Å². The molecular formula is C16H25NO. The van der Waals surface area contributed by atoms with Gasteiger partial charge in [0.1, 0.15) is 0 Å². The smallest absolute Gasteiger partial charge is 0.0626 e. The molecule has 1 fully saturated rings. The van der Waals surface area contributed by atoms with Crippen LogP contribution in [-0.4, -0.2) is 18.3 Å². The molecule has 0 radical (unpaired) electrons. The Hall–Kier alpha value is -0.860. The first-order valence-corrected chi connectivity index (χ1v) is 7.29. The van der Waals surface area contributed by atoms with E-state index < -0.39 is 0 Å². The highest BCUT2D eigenvalue weighted by Crippen LogP contribution is 2.26. The molecule has 2 nitrogen and oxygen atoms in total. The van der Waals surface area contributed by atoms with Gasteiger partial charge in [0.25, 0.3) is 0 Å². The molecule has 0 aliphatic heterocycles. The number of aliphatic hydroxyl groups excluding tert-OH is 1. The van der Waals surface area contributed by atoms with Crippen molar-refractivity contribution in [3.8, 4) is 0 Å². The van der Waals surface area contributed by atoms with E-state index >= 15 is 0 Å². The number of hydrogen-bond donors (Lipinski definition) is 2. The molecular weight excluding hydrogens is 222 g/mol. The summed E-state index contributed by atoms with van der Waals surface area (Å²) in [5.41, 5.74) is 1.18. The van der Waals surface area contributed by atoms with Crippen LogP contribution in [0.2, 0.25) is 0 Å². The van der Waals surface area contributed by atoms with Crippen LogP contribution in [-0.2, 0) is 0 Å². The van der Waals surface area contributed by atoms with E-state index in [0.717, 1.165) is 12.5 Å². The Kier molecular flexibility index (Phi) is 5.69. The quantitative estimate of drug-likeness (QED) is 0.808. The number of hydrogen-bond acceptors (Lipinski definition) is 2. The first-order chi connectivity index (χ1) is 8.90. The lowest BCUT2D eigenvalue weighted by atomic mass is 9.87. The van der Waals surface area contributed by atoms with Crippen LogP contribution < -0.4 is 5.32 Å². The van der Waals surface area contributed by atoms with E-state index in [4.69, 9.17) is 0 Å². The number of rotatable bonds is 6. The zero-order valence-corrected chi connectivity index (χ0v) is 11.1. The van der Waals surface area contributed by atoms with E-state index in [1.54, 1.807) is 0 Å². The van der Waals surface area contributed by atoms with Gasteiger partial charge in [0.2, 0.25) is 0 Å². The number of nitrogens with one attached hydrogen (secondary N) is 1. The Bertz CT molecular complexity index is 319. The maximum Gasteiger partial charge on any atom is 0.0626 e. The van der Waals surface area contributed by atoms with Gasteiger partial charge in [-0.25, -0.2) is 0 Å². The molecule has 1 atom stereocenters. The van der Waals surface area contributed by atoms with E-state index in [1.165, 1.54) is 44.1 Å². The van der Waals surface area contributed by atoms with Crippen molar-refractivity contribution in [1.29, 1.82) is 0 Å². The summed E-state index contributed by atoms with van der Waals surface area (Å²) in [6, 6.07) is 10.3. The summed E-state index contributed by atoms with van der Waals surface area (Å²) in [6.45, 7) is 1.19. The summed E-state index contributed by atoms with van der Waals surface area (Å²) in [5, 5.41) is 12.9. The molecule has 0 amide bonds. The minimum absolute atomic E-state index is 0.0924. The third-order valence-corrected chi connectivity index (χ3v) is 4.05. The van der Waals surface area contributed by atoms with Crippen molar-refractivity contribution in [1.82, 2.24) is 5.32 Å². The van der Waals surface area contributed by atoms with Gasteiger partial charge in [-0.3, -0.25) is 0 Å². The second-order valence-corrected chi connectivity index (χ2v) is 5.39. The molecule has 100 valence electrons. The maximum absolute atomic E-state index is 9.45.